The first-order valence-electron chi connectivity index (χ1n) is 10.3. The van der Waals surface area contributed by atoms with Crippen LogP contribution in [0.2, 0.25) is 0 Å². The predicted molar refractivity (Wildman–Crippen MR) is 123 cm³/mol. The third-order valence-electron chi connectivity index (χ3n) is 5.02. The van der Waals surface area contributed by atoms with Gasteiger partial charge in [0.25, 0.3) is 0 Å². The van der Waals surface area contributed by atoms with Crippen LogP contribution in [0.25, 0.3) is 0 Å². The fraction of sp³-hybridized carbons (Fsp3) is 0.667. The molecule has 1 heterocycles. The second-order valence-electron chi connectivity index (χ2n) is 7.29. The van der Waals surface area contributed by atoms with E-state index in [1.54, 1.807) is 6.07 Å². The Morgan fingerprint density at radius 3 is 2.73 bits per heavy atom. The molecule has 1 fully saturated rings. The van der Waals surface area contributed by atoms with Gasteiger partial charge >= 0.3 is 6.18 Å². The number of hydrogen-bond acceptors (Lipinski definition) is 3. The maximum absolute atomic E-state index is 13.0. The number of aliphatic imine (C=N–C) groups is 1. The molecule has 0 bridgehead atoms. The highest BCUT2D eigenvalue weighted by Crippen LogP contribution is 2.32. The quantitative estimate of drug-likeness (QED) is 0.289. The summed E-state index contributed by atoms with van der Waals surface area (Å²) >= 11 is 0. The molecule has 2 atom stereocenters. The van der Waals surface area contributed by atoms with E-state index in [1.807, 2.05) is 11.8 Å². The number of hydrogen-bond donors (Lipinski definition) is 2. The Bertz CT molecular complexity index is 653. The van der Waals surface area contributed by atoms with Crippen LogP contribution >= 0.6 is 24.0 Å². The van der Waals surface area contributed by atoms with E-state index in [4.69, 9.17) is 9.73 Å². The molecule has 0 aliphatic carbocycles. The molecule has 0 spiro atoms. The van der Waals surface area contributed by atoms with Gasteiger partial charge in [0.1, 0.15) is 6.10 Å². The Hall–Kier alpha value is -1.07. The van der Waals surface area contributed by atoms with Crippen molar-refractivity contribution >= 4 is 29.9 Å². The van der Waals surface area contributed by atoms with Crippen molar-refractivity contribution in [2.75, 3.05) is 39.4 Å². The first-order valence-corrected chi connectivity index (χ1v) is 10.3. The molecule has 172 valence electrons. The fourth-order valence-corrected chi connectivity index (χ4v) is 3.52. The van der Waals surface area contributed by atoms with Crippen molar-refractivity contribution in [3.05, 3.63) is 35.4 Å². The van der Waals surface area contributed by atoms with E-state index < -0.39 is 17.8 Å². The summed E-state index contributed by atoms with van der Waals surface area (Å²) in [6.45, 7) is 7.03. The Kier molecular flexibility index (Phi) is 12.0. The smallest absolute Gasteiger partial charge is 0.396 e. The van der Waals surface area contributed by atoms with Gasteiger partial charge in [-0.15, -0.1) is 24.0 Å². The lowest BCUT2D eigenvalue weighted by Gasteiger charge is -2.35. The Morgan fingerprint density at radius 1 is 1.33 bits per heavy atom. The number of aliphatic hydroxyl groups excluding tert-OH is 1. The zero-order valence-corrected chi connectivity index (χ0v) is 20.0. The van der Waals surface area contributed by atoms with Crippen LogP contribution in [0.15, 0.2) is 29.3 Å². The standard InChI is InChI=1S/C21H32F3N3O2.HI/c1-3-6-16(9-11-28)14-26-20(25-4-2)27-10-12-29-19(15-27)17-7-5-8-18(13-17)21(22,23)24;/h5,7-8,13,16,19,28H,3-4,6,9-12,14-15H2,1-2H3,(H,25,26);1H. The topological polar surface area (TPSA) is 57.1 Å². The molecule has 2 N–H and O–H groups in total. The number of nitrogens with one attached hydrogen (secondary N) is 1. The van der Waals surface area contributed by atoms with E-state index >= 15 is 0 Å². The largest absolute Gasteiger partial charge is 0.416 e. The third kappa shape index (κ3) is 8.22. The van der Waals surface area contributed by atoms with E-state index in [2.05, 4.69) is 12.2 Å². The molecule has 0 radical (unpaired) electrons. The maximum Gasteiger partial charge on any atom is 0.416 e. The molecule has 1 aliphatic rings. The van der Waals surface area contributed by atoms with Gasteiger partial charge in [-0.2, -0.15) is 13.2 Å². The van der Waals surface area contributed by atoms with E-state index in [1.165, 1.54) is 6.07 Å². The first-order chi connectivity index (χ1) is 13.9. The SMILES string of the molecule is CCCC(CCO)CN=C(NCC)N1CCOC(c2cccc(C(F)(F)F)c2)C1.I. The van der Waals surface area contributed by atoms with E-state index in [-0.39, 0.29) is 30.6 Å². The lowest BCUT2D eigenvalue weighted by atomic mass is 10.0. The van der Waals surface area contributed by atoms with Crippen LogP contribution in [0, 0.1) is 5.92 Å². The van der Waals surface area contributed by atoms with Crippen molar-refractivity contribution in [3.63, 3.8) is 0 Å². The Morgan fingerprint density at radius 2 is 2.10 bits per heavy atom. The molecule has 1 aliphatic heterocycles. The molecule has 1 aromatic rings. The van der Waals surface area contributed by atoms with Gasteiger partial charge in [-0.1, -0.05) is 25.5 Å². The number of aliphatic hydroxyl groups is 1. The summed E-state index contributed by atoms with van der Waals surface area (Å²) in [6.07, 6.45) is -2.07. The third-order valence-corrected chi connectivity index (χ3v) is 5.02. The highest BCUT2D eigenvalue weighted by molar-refractivity contribution is 14.0. The van der Waals surface area contributed by atoms with Crippen molar-refractivity contribution in [1.82, 2.24) is 10.2 Å². The second-order valence-corrected chi connectivity index (χ2v) is 7.29. The highest BCUT2D eigenvalue weighted by Gasteiger charge is 2.32. The molecule has 2 rings (SSSR count). The van der Waals surface area contributed by atoms with Crippen molar-refractivity contribution < 1.29 is 23.0 Å². The van der Waals surface area contributed by atoms with Crippen molar-refractivity contribution in [3.8, 4) is 0 Å². The van der Waals surface area contributed by atoms with Crippen LogP contribution in [-0.2, 0) is 10.9 Å². The van der Waals surface area contributed by atoms with E-state index in [9.17, 15) is 18.3 Å². The molecule has 1 aromatic carbocycles. The van der Waals surface area contributed by atoms with Crippen LogP contribution in [-0.4, -0.2) is 55.4 Å². The summed E-state index contributed by atoms with van der Waals surface area (Å²) in [5, 5.41) is 12.5. The molecular formula is C21H33F3IN3O2. The average molecular weight is 543 g/mol. The number of benzene rings is 1. The zero-order chi connectivity index (χ0) is 21.3. The minimum atomic E-state index is -4.37. The van der Waals surface area contributed by atoms with Crippen LogP contribution < -0.4 is 5.32 Å². The van der Waals surface area contributed by atoms with E-state index in [0.29, 0.717) is 50.7 Å². The highest BCUT2D eigenvalue weighted by atomic mass is 127. The van der Waals surface area contributed by atoms with Gasteiger partial charge in [0.05, 0.1) is 18.7 Å². The molecule has 9 heteroatoms. The molecule has 1 saturated heterocycles. The number of ether oxygens (including phenoxy) is 1. The number of alkyl halides is 3. The van der Waals surface area contributed by atoms with Crippen LogP contribution in [0.5, 0.6) is 0 Å². The number of rotatable bonds is 8. The molecule has 0 saturated carbocycles. The lowest BCUT2D eigenvalue weighted by Crippen LogP contribution is -2.48. The number of guanidine groups is 1. The van der Waals surface area contributed by atoms with Crippen molar-refractivity contribution in [2.45, 2.75) is 45.4 Å². The monoisotopic (exact) mass is 543 g/mol. The van der Waals surface area contributed by atoms with Crippen molar-refractivity contribution in [1.29, 1.82) is 0 Å². The van der Waals surface area contributed by atoms with Crippen LogP contribution in [0.1, 0.15) is 50.3 Å². The molecular weight excluding hydrogens is 510 g/mol. The van der Waals surface area contributed by atoms with Gasteiger partial charge in [0, 0.05) is 26.2 Å². The van der Waals surface area contributed by atoms with Gasteiger partial charge in [0.15, 0.2) is 5.96 Å². The van der Waals surface area contributed by atoms with Gasteiger partial charge in [-0.05, 0) is 43.4 Å². The molecule has 30 heavy (non-hydrogen) atoms. The van der Waals surface area contributed by atoms with Crippen LogP contribution in [0.4, 0.5) is 13.2 Å². The van der Waals surface area contributed by atoms with E-state index in [0.717, 1.165) is 30.9 Å². The summed E-state index contributed by atoms with van der Waals surface area (Å²) in [5.74, 6) is 1.06. The summed E-state index contributed by atoms with van der Waals surface area (Å²) < 4.78 is 44.9. The number of nitrogens with zero attached hydrogens (tertiary/aromatic N) is 2. The minimum Gasteiger partial charge on any atom is -0.396 e. The zero-order valence-electron chi connectivity index (χ0n) is 17.6. The summed E-state index contributed by atoms with van der Waals surface area (Å²) in [5.41, 5.74) is -0.146. The number of morpholine rings is 1. The molecule has 2 unspecified atom stereocenters. The Labute approximate surface area is 194 Å². The van der Waals surface area contributed by atoms with Gasteiger partial charge in [0.2, 0.25) is 0 Å². The minimum absolute atomic E-state index is 0. The summed E-state index contributed by atoms with van der Waals surface area (Å²) in [6, 6.07) is 5.33. The summed E-state index contributed by atoms with van der Waals surface area (Å²) in [7, 11) is 0. The molecule has 0 aromatic heterocycles. The van der Waals surface area contributed by atoms with Gasteiger partial charge in [-0.25, -0.2) is 0 Å². The molecule has 5 nitrogen and oxygen atoms in total. The fourth-order valence-electron chi connectivity index (χ4n) is 3.52. The second kappa shape index (κ2) is 13.4. The normalized spacial score (nSPS) is 18.7. The number of halogens is 4. The first kappa shape index (κ1) is 27.0. The maximum atomic E-state index is 13.0. The summed E-state index contributed by atoms with van der Waals surface area (Å²) in [4.78, 5) is 6.79. The lowest BCUT2D eigenvalue weighted by molar-refractivity contribution is -0.137. The van der Waals surface area contributed by atoms with Gasteiger partial charge < -0.3 is 20.1 Å². The predicted octanol–water partition coefficient (Wildman–Crippen LogP) is 4.46. The molecule has 0 amide bonds. The average Bonchev–Trinajstić information content (AvgIpc) is 2.71. The van der Waals surface area contributed by atoms with Gasteiger partial charge in [-0.3, -0.25) is 4.99 Å². The van der Waals surface area contributed by atoms with Crippen molar-refractivity contribution in [2.24, 2.45) is 10.9 Å². The van der Waals surface area contributed by atoms with Crippen LogP contribution in [0.3, 0.4) is 0 Å². The Balaban J connectivity index is 0.00000450.